The predicted octanol–water partition coefficient (Wildman–Crippen LogP) is 1.68. The van der Waals surface area contributed by atoms with Crippen molar-refractivity contribution < 1.29 is 14.2 Å². The smallest absolute Gasteiger partial charge is 0.142 e. The molecule has 2 rings (SSSR count). The number of methoxy groups -OCH3 is 1. The Labute approximate surface area is 113 Å². The van der Waals surface area contributed by atoms with Gasteiger partial charge in [0.05, 0.1) is 12.8 Å². The standard InChI is InChI=1S/C14H21FN2O2/c1-3-14(18)17-8-6-16(7-9-17)12-10-11(15)4-5-13(12)19-2/h4-5,10,14,18H,3,6-9H2,1-2H3. The molecule has 0 aliphatic carbocycles. The van der Waals surface area contributed by atoms with Crippen molar-refractivity contribution in [2.24, 2.45) is 0 Å². The molecule has 1 unspecified atom stereocenters. The summed E-state index contributed by atoms with van der Waals surface area (Å²) >= 11 is 0. The molecular formula is C14H21FN2O2. The number of aliphatic hydroxyl groups excluding tert-OH is 1. The Morgan fingerprint density at radius 2 is 2.00 bits per heavy atom. The average molecular weight is 268 g/mol. The molecule has 1 aliphatic rings. The van der Waals surface area contributed by atoms with Crippen LogP contribution in [0.15, 0.2) is 18.2 Å². The fourth-order valence-electron chi connectivity index (χ4n) is 2.43. The molecular weight excluding hydrogens is 247 g/mol. The summed E-state index contributed by atoms with van der Waals surface area (Å²) in [6.07, 6.45) is 0.347. The van der Waals surface area contributed by atoms with E-state index in [-0.39, 0.29) is 12.0 Å². The normalized spacial score (nSPS) is 18.4. The van der Waals surface area contributed by atoms with Crippen LogP contribution in [0.4, 0.5) is 10.1 Å². The Kier molecular flexibility index (Phi) is 4.61. The van der Waals surface area contributed by atoms with Crippen molar-refractivity contribution in [2.45, 2.75) is 19.6 Å². The van der Waals surface area contributed by atoms with Gasteiger partial charge in [0.15, 0.2) is 0 Å². The Morgan fingerprint density at radius 1 is 1.32 bits per heavy atom. The molecule has 19 heavy (non-hydrogen) atoms. The molecule has 0 bridgehead atoms. The molecule has 106 valence electrons. The Bertz CT molecular complexity index is 420. The maximum Gasteiger partial charge on any atom is 0.142 e. The summed E-state index contributed by atoms with van der Waals surface area (Å²) in [6, 6.07) is 4.56. The molecule has 4 nitrogen and oxygen atoms in total. The van der Waals surface area contributed by atoms with Crippen LogP contribution < -0.4 is 9.64 Å². The van der Waals surface area contributed by atoms with E-state index in [1.165, 1.54) is 12.1 Å². The van der Waals surface area contributed by atoms with Gasteiger partial charge in [-0.15, -0.1) is 0 Å². The second-order valence-corrected chi connectivity index (χ2v) is 4.73. The molecule has 5 heteroatoms. The monoisotopic (exact) mass is 268 g/mol. The van der Waals surface area contributed by atoms with Gasteiger partial charge in [-0.25, -0.2) is 4.39 Å². The van der Waals surface area contributed by atoms with Crippen LogP contribution in [0.3, 0.4) is 0 Å². The van der Waals surface area contributed by atoms with Crippen molar-refractivity contribution in [3.63, 3.8) is 0 Å². The first-order chi connectivity index (χ1) is 9.15. The third-order valence-electron chi connectivity index (χ3n) is 3.58. The van der Waals surface area contributed by atoms with Crippen molar-refractivity contribution in [3.05, 3.63) is 24.0 Å². The molecule has 1 aromatic rings. The Balaban J connectivity index is 2.07. The van der Waals surface area contributed by atoms with Crippen molar-refractivity contribution in [1.29, 1.82) is 0 Å². The number of ether oxygens (including phenoxy) is 1. The van der Waals surface area contributed by atoms with Crippen LogP contribution in [0, 0.1) is 5.82 Å². The maximum absolute atomic E-state index is 13.4. The zero-order chi connectivity index (χ0) is 13.8. The first-order valence-corrected chi connectivity index (χ1v) is 6.66. The second kappa shape index (κ2) is 6.21. The van der Waals surface area contributed by atoms with Gasteiger partial charge in [0, 0.05) is 32.2 Å². The van der Waals surface area contributed by atoms with Gasteiger partial charge in [0.1, 0.15) is 17.8 Å². The highest BCUT2D eigenvalue weighted by molar-refractivity contribution is 5.59. The molecule has 1 fully saturated rings. The summed E-state index contributed by atoms with van der Waals surface area (Å²) in [4.78, 5) is 4.14. The fourth-order valence-corrected chi connectivity index (χ4v) is 2.43. The lowest BCUT2D eigenvalue weighted by atomic mass is 10.2. The van der Waals surface area contributed by atoms with Crippen LogP contribution >= 0.6 is 0 Å². The van der Waals surface area contributed by atoms with Gasteiger partial charge in [-0.1, -0.05) is 6.92 Å². The minimum atomic E-state index is -0.378. The summed E-state index contributed by atoms with van der Waals surface area (Å²) in [6.45, 7) is 5.03. The third kappa shape index (κ3) is 3.16. The van der Waals surface area contributed by atoms with E-state index in [1.807, 2.05) is 11.8 Å². The molecule has 0 saturated carbocycles. The number of rotatable bonds is 4. The lowest BCUT2D eigenvalue weighted by Gasteiger charge is -2.38. The van der Waals surface area contributed by atoms with Crippen molar-refractivity contribution in [1.82, 2.24) is 4.90 Å². The highest BCUT2D eigenvalue weighted by atomic mass is 19.1. The molecule has 0 aromatic heterocycles. The molecule has 0 amide bonds. The first kappa shape index (κ1) is 14.1. The maximum atomic E-state index is 13.4. The number of halogens is 1. The summed E-state index contributed by atoms with van der Waals surface area (Å²) in [5, 5.41) is 9.81. The summed E-state index contributed by atoms with van der Waals surface area (Å²) in [5.74, 6) is 0.428. The number of benzene rings is 1. The zero-order valence-electron chi connectivity index (χ0n) is 11.5. The van der Waals surface area contributed by atoms with E-state index in [0.717, 1.165) is 38.3 Å². The van der Waals surface area contributed by atoms with Crippen LogP contribution in [-0.4, -0.2) is 49.5 Å². The zero-order valence-corrected chi connectivity index (χ0v) is 11.5. The number of anilines is 1. The minimum Gasteiger partial charge on any atom is -0.495 e. The lowest BCUT2D eigenvalue weighted by molar-refractivity contribution is -0.00195. The van der Waals surface area contributed by atoms with Crippen molar-refractivity contribution in [2.75, 3.05) is 38.2 Å². The van der Waals surface area contributed by atoms with Gasteiger partial charge in [-0.2, -0.15) is 0 Å². The van der Waals surface area contributed by atoms with Gasteiger partial charge < -0.3 is 14.7 Å². The van der Waals surface area contributed by atoms with Crippen LogP contribution in [-0.2, 0) is 0 Å². The Hall–Kier alpha value is -1.33. The number of piperazine rings is 1. The second-order valence-electron chi connectivity index (χ2n) is 4.73. The van der Waals surface area contributed by atoms with E-state index >= 15 is 0 Å². The number of aliphatic hydroxyl groups is 1. The highest BCUT2D eigenvalue weighted by Crippen LogP contribution is 2.29. The topological polar surface area (TPSA) is 35.9 Å². The van der Waals surface area contributed by atoms with E-state index in [1.54, 1.807) is 13.2 Å². The molecule has 0 radical (unpaired) electrons. The van der Waals surface area contributed by atoms with Gasteiger partial charge in [-0.05, 0) is 18.6 Å². The van der Waals surface area contributed by atoms with Crippen LogP contribution in [0.5, 0.6) is 5.75 Å². The molecule has 1 aromatic carbocycles. The highest BCUT2D eigenvalue weighted by Gasteiger charge is 2.23. The van der Waals surface area contributed by atoms with E-state index in [0.29, 0.717) is 5.75 Å². The number of nitrogens with zero attached hydrogens (tertiary/aromatic N) is 2. The van der Waals surface area contributed by atoms with E-state index in [9.17, 15) is 9.50 Å². The van der Waals surface area contributed by atoms with Crippen LogP contribution in [0.25, 0.3) is 0 Å². The van der Waals surface area contributed by atoms with Crippen LogP contribution in [0.1, 0.15) is 13.3 Å². The van der Waals surface area contributed by atoms with E-state index in [2.05, 4.69) is 4.90 Å². The third-order valence-corrected chi connectivity index (χ3v) is 3.58. The number of hydrogen-bond donors (Lipinski definition) is 1. The predicted molar refractivity (Wildman–Crippen MR) is 73.0 cm³/mol. The van der Waals surface area contributed by atoms with E-state index < -0.39 is 0 Å². The first-order valence-electron chi connectivity index (χ1n) is 6.66. The molecule has 0 spiro atoms. The van der Waals surface area contributed by atoms with Gasteiger partial charge >= 0.3 is 0 Å². The lowest BCUT2D eigenvalue weighted by Crippen LogP contribution is -2.50. The van der Waals surface area contributed by atoms with Crippen LogP contribution in [0.2, 0.25) is 0 Å². The van der Waals surface area contributed by atoms with Crippen molar-refractivity contribution in [3.8, 4) is 5.75 Å². The Morgan fingerprint density at radius 3 is 2.58 bits per heavy atom. The largest absolute Gasteiger partial charge is 0.495 e. The van der Waals surface area contributed by atoms with Gasteiger partial charge in [0.2, 0.25) is 0 Å². The average Bonchev–Trinajstić information content (AvgIpc) is 2.46. The summed E-state index contributed by atoms with van der Waals surface area (Å²) in [5.41, 5.74) is 0.785. The number of hydrogen-bond acceptors (Lipinski definition) is 4. The van der Waals surface area contributed by atoms with Gasteiger partial charge in [-0.3, -0.25) is 4.90 Å². The molecule has 1 N–H and O–H groups in total. The van der Waals surface area contributed by atoms with Crippen molar-refractivity contribution >= 4 is 5.69 Å². The fraction of sp³-hybridized carbons (Fsp3) is 0.571. The van der Waals surface area contributed by atoms with Gasteiger partial charge in [0.25, 0.3) is 0 Å². The minimum absolute atomic E-state index is 0.258. The summed E-state index contributed by atoms with van der Waals surface area (Å²) < 4.78 is 18.6. The molecule has 1 saturated heterocycles. The summed E-state index contributed by atoms with van der Waals surface area (Å²) in [7, 11) is 1.59. The van der Waals surface area contributed by atoms with E-state index in [4.69, 9.17) is 4.74 Å². The SMILES string of the molecule is CCC(O)N1CCN(c2cc(F)ccc2OC)CC1. The quantitative estimate of drug-likeness (QED) is 0.901. The molecule has 1 aliphatic heterocycles. The molecule has 1 atom stereocenters. The molecule has 1 heterocycles.